The minimum atomic E-state index is -4.54. The van der Waals surface area contributed by atoms with Gasteiger partial charge in [-0.2, -0.15) is 18.2 Å². The average molecular weight is 279 g/mol. The fraction of sp³-hybridized carbons (Fsp3) is 0.500. The molecular formula is C10H12F3N3O3. The highest BCUT2D eigenvalue weighted by Crippen LogP contribution is 2.22. The minimum absolute atomic E-state index is 0.0695. The number of carbonyl (C=O) groups is 1. The smallest absolute Gasteiger partial charge is 0.405 e. The van der Waals surface area contributed by atoms with Crippen LogP contribution in [0.2, 0.25) is 0 Å². The molecule has 0 aromatic carbocycles. The third-order valence-corrected chi connectivity index (χ3v) is 2.03. The van der Waals surface area contributed by atoms with Gasteiger partial charge in [-0.05, 0) is 6.92 Å². The number of carboxylic acids is 1. The number of hydrogen-bond acceptors (Lipinski definition) is 5. The SMILES string of the molecule is COc1cc(N(CC(=O)O)CC(F)(F)F)nc(C)n1. The number of aliphatic carboxylic acids is 1. The van der Waals surface area contributed by atoms with Crippen molar-refractivity contribution in [2.75, 3.05) is 25.1 Å². The Hall–Kier alpha value is -2.06. The first-order valence-electron chi connectivity index (χ1n) is 5.14. The lowest BCUT2D eigenvalue weighted by molar-refractivity contribution is -0.136. The molecule has 0 saturated carbocycles. The molecule has 0 bridgehead atoms. The van der Waals surface area contributed by atoms with E-state index in [4.69, 9.17) is 9.84 Å². The van der Waals surface area contributed by atoms with E-state index in [-0.39, 0.29) is 17.5 Å². The summed E-state index contributed by atoms with van der Waals surface area (Å²) >= 11 is 0. The summed E-state index contributed by atoms with van der Waals surface area (Å²) < 4.78 is 42.1. The number of aryl methyl sites for hydroxylation is 1. The number of alkyl halides is 3. The predicted octanol–water partition coefficient (Wildman–Crippen LogP) is 1.25. The normalized spacial score (nSPS) is 11.2. The van der Waals surface area contributed by atoms with Gasteiger partial charge in [0, 0.05) is 6.07 Å². The molecule has 106 valence electrons. The van der Waals surface area contributed by atoms with E-state index in [9.17, 15) is 18.0 Å². The molecule has 0 radical (unpaired) electrons. The molecule has 0 spiro atoms. The highest BCUT2D eigenvalue weighted by Gasteiger charge is 2.32. The van der Waals surface area contributed by atoms with Crippen LogP contribution < -0.4 is 9.64 Å². The van der Waals surface area contributed by atoms with E-state index in [1.54, 1.807) is 0 Å². The van der Waals surface area contributed by atoms with E-state index in [1.165, 1.54) is 14.0 Å². The molecule has 6 nitrogen and oxygen atoms in total. The van der Waals surface area contributed by atoms with Crippen molar-refractivity contribution in [2.45, 2.75) is 13.1 Å². The van der Waals surface area contributed by atoms with Gasteiger partial charge in [-0.1, -0.05) is 0 Å². The number of hydrogen-bond donors (Lipinski definition) is 1. The number of ether oxygens (including phenoxy) is 1. The Balaban J connectivity index is 3.09. The summed E-state index contributed by atoms with van der Waals surface area (Å²) in [4.78, 5) is 18.8. The third-order valence-electron chi connectivity index (χ3n) is 2.03. The Kier molecular flexibility index (Phi) is 4.52. The summed E-state index contributed by atoms with van der Waals surface area (Å²) in [6.07, 6.45) is -4.54. The summed E-state index contributed by atoms with van der Waals surface area (Å²) in [5.74, 6) is -1.28. The van der Waals surface area contributed by atoms with Gasteiger partial charge in [-0.15, -0.1) is 0 Å². The molecular weight excluding hydrogens is 267 g/mol. The summed E-state index contributed by atoms with van der Waals surface area (Å²) in [5, 5.41) is 8.65. The highest BCUT2D eigenvalue weighted by molar-refractivity contribution is 5.73. The lowest BCUT2D eigenvalue weighted by Gasteiger charge is -2.23. The van der Waals surface area contributed by atoms with Crippen LogP contribution in [0.3, 0.4) is 0 Å². The average Bonchev–Trinajstić information content (AvgIpc) is 2.24. The van der Waals surface area contributed by atoms with Crippen molar-refractivity contribution in [2.24, 2.45) is 0 Å². The molecule has 0 aliphatic carbocycles. The van der Waals surface area contributed by atoms with Gasteiger partial charge in [-0.3, -0.25) is 4.79 Å². The first-order valence-corrected chi connectivity index (χ1v) is 5.14. The van der Waals surface area contributed by atoms with E-state index >= 15 is 0 Å². The quantitative estimate of drug-likeness (QED) is 0.874. The maximum atomic E-state index is 12.4. The Morgan fingerprint density at radius 3 is 2.58 bits per heavy atom. The highest BCUT2D eigenvalue weighted by atomic mass is 19.4. The second kappa shape index (κ2) is 5.72. The number of methoxy groups -OCH3 is 1. The number of rotatable bonds is 5. The Morgan fingerprint density at radius 1 is 1.47 bits per heavy atom. The van der Waals surface area contributed by atoms with Crippen molar-refractivity contribution in [3.05, 3.63) is 11.9 Å². The molecule has 0 amide bonds. The summed E-state index contributed by atoms with van der Waals surface area (Å²) in [5.41, 5.74) is 0. The molecule has 19 heavy (non-hydrogen) atoms. The molecule has 0 unspecified atom stereocenters. The predicted molar refractivity (Wildman–Crippen MR) is 59.2 cm³/mol. The van der Waals surface area contributed by atoms with E-state index in [0.29, 0.717) is 4.90 Å². The first kappa shape index (κ1) is 15.0. The van der Waals surface area contributed by atoms with Crippen molar-refractivity contribution >= 4 is 11.8 Å². The van der Waals surface area contributed by atoms with Crippen LogP contribution in [0.1, 0.15) is 5.82 Å². The summed E-state index contributed by atoms with van der Waals surface area (Å²) in [6.45, 7) is -0.767. The standard InChI is InChI=1S/C10H12F3N3O3/c1-6-14-7(3-8(15-6)19-2)16(4-9(17)18)5-10(11,12)13/h3H,4-5H2,1-2H3,(H,17,18). The van der Waals surface area contributed by atoms with Gasteiger partial charge in [0.1, 0.15) is 24.7 Å². The topological polar surface area (TPSA) is 75.5 Å². The second-order valence-electron chi connectivity index (χ2n) is 3.68. The van der Waals surface area contributed by atoms with E-state index in [1.807, 2.05) is 0 Å². The first-order chi connectivity index (χ1) is 8.71. The van der Waals surface area contributed by atoms with Crippen molar-refractivity contribution in [1.82, 2.24) is 9.97 Å². The molecule has 1 N–H and O–H groups in total. The summed E-state index contributed by atoms with van der Waals surface area (Å²) in [6, 6.07) is 1.15. The molecule has 1 rings (SSSR count). The molecule has 1 aromatic heterocycles. The fourth-order valence-electron chi connectivity index (χ4n) is 1.39. The van der Waals surface area contributed by atoms with Crippen molar-refractivity contribution in [1.29, 1.82) is 0 Å². The third kappa shape index (κ3) is 4.98. The molecule has 0 atom stereocenters. The summed E-state index contributed by atoms with van der Waals surface area (Å²) in [7, 11) is 1.30. The zero-order valence-electron chi connectivity index (χ0n) is 10.2. The van der Waals surface area contributed by atoms with E-state index in [0.717, 1.165) is 6.07 Å². The van der Waals surface area contributed by atoms with Gasteiger partial charge in [0.2, 0.25) is 5.88 Å². The largest absolute Gasteiger partial charge is 0.481 e. The van der Waals surface area contributed by atoms with Crippen LogP contribution in [0.15, 0.2) is 6.07 Å². The van der Waals surface area contributed by atoms with E-state index < -0.39 is 25.2 Å². The fourth-order valence-corrected chi connectivity index (χ4v) is 1.39. The van der Waals surface area contributed by atoms with Crippen LogP contribution in [0.25, 0.3) is 0 Å². The number of carboxylic acid groups (broad SMARTS) is 1. The molecule has 1 heterocycles. The Morgan fingerprint density at radius 2 is 2.11 bits per heavy atom. The van der Waals surface area contributed by atoms with Crippen LogP contribution in [-0.2, 0) is 4.79 Å². The van der Waals surface area contributed by atoms with Gasteiger partial charge >= 0.3 is 12.1 Å². The van der Waals surface area contributed by atoms with Gasteiger partial charge in [0.25, 0.3) is 0 Å². The van der Waals surface area contributed by atoms with Crippen molar-refractivity contribution < 1.29 is 27.8 Å². The molecule has 9 heteroatoms. The van der Waals surface area contributed by atoms with Crippen LogP contribution in [0.5, 0.6) is 5.88 Å². The molecule has 0 aliphatic heterocycles. The van der Waals surface area contributed by atoms with Gasteiger partial charge in [-0.25, -0.2) is 4.98 Å². The lowest BCUT2D eigenvalue weighted by atomic mass is 10.4. The van der Waals surface area contributed by atoms with Gasteiger partial charge in [0.15, 0.2) is 0 Å². The maximum absolute atomic E-state index is 12.4. The number of aromatic nitrogens is 2. The minimum Gasteiger partial charge on any atom is -0.481 e. The van der Waals surface area contributed by atoms with Crippen LogP contribution in [-0.4, -0.2) is 47.4 Å². The molecule has 0 saturated heterocycles. The number of nitrogens with zero attached hydrogens (tertiary/aromatic N) is 3. The molecule has 1 aromatic rings. The Labute approximate surface area is 106 Å². The van der Waals surface area contributed by atoms with Gasteiger partial charge < -0.3 is 14.7 Å². The number of anilines is 1. The molecule has 0 fully saturated rings. The van der Waals surface area contributed by atoms with Crippen molar-refractivity contribution in [3.63, 3.8) is 0 Å². The maximum Gasteiger partial charge on any atom is 0.405 e. The van der Waals surface area contributed by atoms with Crippen LogP contribution in [0, 0.1) is 6.92 Å². The van der Waals surface area contributed by atoms with Gasteiger partial charge in [0.05, 0.1) is 7.11 Å². The molecule has 0 aliphatic rings. The van der Waals surface area contributed by atoms with Crippen LogP contribution in [0.4, 0.5) is 19.0 Å². The monoisotopic (exact) mass is 279 g/mol. The van der Waals surface area contributed by atoms with E-state index in [2.05, 4.69) is 9.97 Å². The Bertz CT molecular complexity index is 465. The lowest BCUT2D eigenvalue weighted by Crippen LogP contribution is -2.38. The zero-order chi connectivity index (χ0) is 14.6. The number of halogens is 3. The zero-order valence-corrected chi connectivity index (χ0v) is 10.2. The van der Waals surface area contributed by atoms with Crippen molar-refractivity contribution in [3.8, 4) is 5.88 Å². The second-order valence-corrected chi connectivity index (χ2v) is 3.68. The van der Waals surface area contributed by atoms with Crippen LogP contribution >= 0.6 is 0 Å².